The van der Waals surface area contributed by atoms with E-state index in [2.05, 4.69) is 20.8 Å². The fraction of sp³-hybridized carbons (Fsp3) is 0.188. The van der Waals surface area contributed by atoms with Gasteiger partial charge in [0.2, 0.25) is 0 Å². The largest absolute Gasteiger partial charge is 0.329 e. The summed E-state index contributed by atoms with van der Waals surface area (Å²) in [4.78, 5) is 3.53. The second-order valence-electron chi connectivity index (χ2n) is 4.78. The van der Waals surface area contributed by atoms with Crippen LogP contribution < -0.4 is 0 Å². The third-order valence-electron chi connectivity index (χ3n) is 3.15. The van der Waals surface area contributed by atoms with E-state index in [1.807, 2.05) is 31.2 Å². The average molecular weight is 364 g/mol. The highest BCUT2D eigenvalue weighted by atomic mass is 79.9. The van der Waals surface area contributed by atoms with Crippen LogP contribution in [0, 0.1) is 13.5 Å². The number of nitrogens with zero attached hydrogens (tertiary/aromatic N) is 1. The molecule has 0 spiro atoms. The quantitative estimate of drug-likeness (QED) is 0.769. The van der Waals surface area contributed by atoms with Crippen LogP contribution in [-0.2, 0) is 16.3 Å². The Bertz CT molecular complexity index is 777. The zero-order valence-electron chi connectivity index (χ0n) is 11.5. The zero-order valence-corrected chi connectivity index (χ0v) is 13.9. The van der Waals surface area contributed by atoms with Crippen molar-refractivity contribution >= 4 is 25.8 Å². The Hall–Kier alpha value is -1.64. The van der Waals surface area contributed by atoms with Gasteiger partial charge in [0.1, 0.15) is 0 Å². The van der Waals surface area contributed by atoms with Crippen LogP contribution in [0.25, 0.3) is 4.85 Å². The van der Waals surface area contributed by atoms with E-state index in [-0.39, 0.29) is 11.3 Å². The van der Waals surface area contributed by atoms with Gasteiger partial charge in [-0.3, -0.25) is 4.85 Å². The molecule has 2 aromatic rings. The third-order valence-corrected chi connectivity index (χ3v) is 5.56. The molecule has 3 nitrogen and oxygen atoms in total. The molecule has 2 rings (SSSR count). The lowest BCUT2D eigenvalue weighted by atomic mass is 10.1. The van der Waals surface area contributed by atoms with E-state index < -0.39 is 15.2 Å². The van der Waals surface area contributed by atoms with E-state index in [9.17, 15) is 8.42 Å². The van der Waals surface area contributed by atoms with Crippen LogP contribution in [0.4, 0.5) is 0 Å². The smallest absolute Gasteiger partial charge is 0.296 e. The molecule has 0 bridgehead atoms. The van der Waals surface area contributed by atoms with Crippen LogP contribution >= 0.6 is 15.9 Å². The summed E-state index contributed by atoms with van der Waals surface area (Å²) in [6.45, 7) is 9.14. The SMILES string of the molecule is [C-]#[N+][C@@H](Cc1cccc(Br)c1)S(=O)(=O)c1ccc(C)cc1. The lowest BCUT2D eigenvalue weighted by Crippen LogP contribution is -2.20. The number of rotatable bonds is 4. The standard InChI is InChI=1S/C16H14BrNO2S/c1-12-6-8-15(9-7-12)21(19,20)16(18-2)11-13-4-3-5-14(17)10-13/h3-10,16H,11H2,1H3/t16-/m1/s1. The van der Waals surface area contributed by atoms with Crippen molar-refractivity contribution in [2.24, 2.45) is 0 Å². The van der Waals surface area contributed by atoms with Crippen LogP contribution in [-0.4, -0.2) is 13.8 Å². The first-order valence-corrected chi connectivity index (χ1v) is 8.69. The fourth-order valence-electron chi connectivity index (χ4n) is 1.98. The van der Waals surface area contributed by atoms with Crippen molar-refractivity contribution in [1.29, 1.82) is 0 Å². The second-order valence-corrected chi connectivity index (χ2v) is 7.80. The topological polar surface area (TPSA) is 38.5 Å². The first-order chi connectivity index (χ1) is 9.93. The van der Waals surface area contributed by atoms with E-state index in [1.165, 1.54) is 0 Å². The van der Waals surface area contributed by atoms with Crippen molar-refractivity contribution in [2.45, 2.75) is 23.6 Å². The van der Waals surface area contributed by atoms with Gasteiger partial charge < -0.3 is 0 Å². The van der Waals surface area contributed by atoms with Crippen molar-refractivity contribution in [3.8, 4) is 0 Å². The van der Waals surface area contributed by atoms with E-state index in [0.717, 1.165) is 15.6 Å². The van der Waals surface area contributed by atoms with Gasteiger partial charge in [-0.2, -0.15) is 0 Å². The molecule has 0 amide bonds. The molecule has 0 N–H and O–H groups in total. The molecule has 0 unspecified atom stereocenters. The normalized spacial score (nSPS) is 12.6. The minimum atomic E-state index is -3.65. The van der Waals surface area contributed by atoms with Gasteiger partial charge in [-0.05, 0) is 36.8 Å². The Labute approximate surface area is 133 Å². The molecule has 0 heterocycles. The molecule has 5 heteroatoms. The second kappa shape index (κ2) is 6.42. The molecule has 2 aromatic carbocycles. The van der Waals surface area contributed by atoms with Gasteiger partial charge in [0.05, 0.1) is 11.3 Å². The highest BCUT2D eigenvalue weighted by molar-refractivity contribution is 9.10. The first-order valence-electron chi connectivity index (χ1n) is 6.35. The summed E-state index contributed by atoms with van der Waals surface area (Å²) < 4.78 is 25.9. The molecule has 108 valence electrons. The van der Waals surface area contributed by atoms with Gasteiger partial charge in [-0.1, -0.05) is 45.8 Å². The number of sulfone groups is 1. The Balaban J connectivity index is 2.32. The van der Waals surface area contributed by atoms with Crippen molar-refractivity contribution < 1.29 is 8.42 Å². The van der Waals surface area contributed by atoms with E-state index in [1.54, 1.807) is 24.3 Å². The minimum absolute atomic E-state index is 0.180. The lowest BCUT2D eigenvalue weighted by Gasteiger charge is -2.08. The molecular formula is C16H14BrNO2S. The van der Waals surface area contributed by atoms with Gasteiger partial charge in [0.15, 0.2) is 0 Å². The molecule has 21 heavy (non-hydrogen) atoms. The Morgan fingerprint density at radius 2 is 1.86 bits per heavy atom. The maximum atomic E-state index is 12.5. The summed E-state index contributed by atoms with van der Waals surface area (Å²) in [6.07, 6.45) is 0.180. The van der Waals surface area contributed by atoms with Crippen molar-refractivity contribution in [3.05, 3.63) is 75.5 Å². The summed E-state index contributed by atoms with van der Waals surface area (Å²) >= 11 is 3.35. The predicted octanol–water partition coefficient (Wildman–Crippen LogP) is 4.02. The molecule has 1 atom stereocenters. The van der Waals surface area contributed by atoms with E-state index >= 15 is 0 Å². The van der Waals surface area contributed by atoms with Crippen LogP contribution in [0.15, 0.2) is 57.9 Å². The monoisotopic (exact) mass is 363 g/mol. The van der Waals surface area contributed by atoms with Crippen molar-refractivity contribution in [1.82, 2.24) is 0 Å². The highest BCUT2D eigenvalue weighted by Crippen LogP contribution is 2.22. The molecule has 0 aliphatic heterocycles. The predicted molar refractivity (Wildman–Crippen MR) is 86.6 cm³/mol. The number of benzene rings is 2. The zero-order chi connectivity index (χ0) is 15.5. The highest BCUT2D eigenvalue weighted by Gasteiger charge is 2.32. The average Bonchev–Trinajstić information content (AvgIpc) is 2.45. The Morgan fingerprint density at radius 3 is 2.43 bits per heavy atom. The molecule has 0 fully saturated rings. The van der Waals surface area contributed by atoms with Gasteiger partial charge in [0.25, 0.3) is 9.84 Å². The minimum Gasteiger partial charge on any atom is -0.296 e. The fourth-order valence-corrected chi connectivity index (χ4v) is 3.80. The van der Waals surface area contributed by atoms with Crippen LogP contribution in [0.1, 0.15) is 11.1 Å². The molecule has 0 saturated heterocycles. The lowest BCUT2D eigenvalue weighted by molar-refractivity contribution is 0.587. The van der Waals surface area contributed by atoms with E-state index in [4.69, 9.17) is 6.57 Å². The van der Waals surface area contributed by atoms with Gasteiger partial charge in [0, 0.05) is 4.47 Å². The number of aryl methyl sites for hydroxylation is 1. The molecule has 0 aromatic heterocycles. The Morgan fingerprint density at radius 1 is 1.19 bits per heavy atom. The molecule has 0 aliphatic rings. The summed E-state index contributed by atoms with van der Waals surface area (Å²) in [5.41, 5.74) is 1.81. The van der Waals surface area contributed by atoms with Crippen molar-refractivity contribution in [2.75, 3.05) is 0 Å². The molecule has 0 radical (unpaired) electrons. The number of hydrogen-bond acceptors (Lipinski definition) is 2. The van der Waals surface area contributed by atoms with Crippen LogP contribution in [0.5, 0.6) is 0 Å². The number of halogens is 1. The van der Waals surface area contributed by atoms with Crippen molar-refractivity contribution in [3.63, 3.8) is 0 Å². The molecular weight excluding hydrogens is 350 g/mol. The summed E-state index contributed by atoms with van der Waals surface area (Å²) in [5, 5.41) is -1.10. The van der Waals surface area contributed by atoms with Gasteiger partial charge >= 0.3 is 5.37 Å². The maximum absolute atomic E-state index is 12.5. The molecule has 0 aliphatic carbocycles. The summed E-state index contributed by atoms with van der Waals surface area (Å²) in [7, 11) is -3.65. The Kier molecular flexibility index (Phi) is 4.81. The van der Waals surface area contributed by atoms with E-state index in [0.29, 0.717) is 0 Å². The third kappa shape index (κ3) is 3.72. The summed E-state index contributed by atoms with van der Waals surface area (Å²) in [6, 6.07) is 14.0. The maximum Gasteiger partial charge on any atom is 0.329 e. The summed E-state index contributed by atoms with van der Waals surface area (Å²) in [5.74, 6) is 0. The molecule has 0 saturated carbocycles. The number of hydrogen-bond donors (Lipinski definition) is 0. The van der Waals surface area contributed by atoms with Crippen LogP contribution in [0.2, 0.25) is 0 Å². The van der Waals surface area contributed by atoms with Gasteiger partial charge in [-0.25, -0.2) is 15.0 Å². The van der Waals surface area contributed by atoms with Crippen LogP contribution in [0.3, 0.4) is 0 Å². The first kappa shape index (κ1) is 15.7. The van der Waals surface area contributed by atoms with Gasteiger partial charge in [-0.15, -0.1) is 0 Å².